The molecule has 0 atom stereocenters. The van der Waals surface area contributed by atoms with Crippen LogP contribution in [0.3, 0.4) is 0 Å². The number of carbonyl (C=O) groups excluding carboxylic acids is 1. The van der Waals surface area contributed by atoms with E-state index < -0.39 is 0 Å². The van der Waals surface area contributed by atoms with Gasteiger partial charge in [0.15, 0.2) is 5.78 Å². The second-order valence-corrected chi connectivity index (χ2v) is 5.84. The highest BCUT2D eigenvalue weighted by Crippen LogP contribution is 2.17. The Morgan fingerprint density at radius 1 is 0.812 bits per heavy atom. The third kappa shape index (κ3) is 2.82. The van der Waals surface area contributed by atoms with Gasteiger partial charge in [0.25, 0.3) is 0 Å². The molecule has 0 fully saturated rings. The summed E-state index contributed by atoms with van der Waals surface area (Å²) in [4.78, 5) is 12.1. The van der Waals surface area contributed by atoms with Gasteiger partial charge in [-0.1, -0.05) is 30.3 Å². The third-order valence-electron chi connectivity index (χ3n) is 2.16. The molecule has 1 nitrogen and oxygen atoms in total. The van der Waals surface area contributed by atoms with Crippen LogP contribution in [0.4, 0.5) is 0 Å². The van der Waals surface area contributed by atoms with Gasteiger partial charge in [-0.15, -0.1) is 0 Å². The minimum atomic E-state index is 0.0806. The zero-order valence-corrected chi connectivity index (χ0v) is 12.6. The van der Waals surface area contributed by atoms with Gasteiger partial charge in [0.1, 0.15) is 0 Å². The largest absolute Gasteiger partial charge is 0.289 e. The zero-order chi connectivity index (χ0) is 11.5. The quantitative estimate of drug-likeness (QED) is 0.514. The highest BCUT2D eigenvalue weighted by Gasteiger charge is 2.09. The molecule has 0 heterocycles. The van der Waals surface area contributed by atoms with Gasteiger partial charge in [0, 0.05) is 18.3 Å². The Morgan fingerprint density at radius 2 is 1.38 bits per heavy atom. The van der Waals surface area contributed by atoms with E-state index in [1.54, 1.807) is 0 Å². The number of hydrogen-bond acceptors (Lipinski definition) is 1. The van der Waals surface area contributed by atoms with Crippen molar-refractivity contribution < 1.29 is 4.79 Å². The molecule has 2 aromatic carbocycles. The summed E-state index contributed by atoms with van der Waals surface area (Å²) in [5.41, 5.74) is 1.49. The molecule has 0 saturated heterocycles. The van der Waals surface area contributed by atoms with Crippen molar-refractivity contribution in [2.45, 2.75) is 0 Å². The minimum absolute atomic E-state index is 0.0806. The molecular weight excluding hydrogens is 426 g/mol. The lowest BCUT2D eigenvalue weighted by Crippen LogP contribution is -2.01. The molecule has 0 unspecified atom stereocenters. The molecule has 3 heteroatoms. The SMILES string of the molecule is O=C(c1ccccc1)c1cc(I)cc(I)c1. The third-order valence-corrected chi connectivity index (χ3v) is 3.41. The molecule has 0 radical (unpaired) electrons. The molecule has 0 aliphatic carbocycles. The van der Waals surface area contributed by atoms with Crippen molar-refractivity contribution in [3.8, 4) is 0 Å². The fourth-order valence-corrected chi connectivity index (χ4v) is 3.38. The molecule has 0 saturated carbocycles. The first-order chi connectivity index (χ1) is 7.66. The summed E-state index contributed by atoms with van der Waals surface area (Å²) in [6, 6.07) is 15.2. The number of hydrogen-bond donors (Lipinski definition) is 0. The van der Waals surface area contributed by atoms with Gasteiger partial charge in [0.05, 0.1) is 0 Å². The summed E-state index contributed by atoms with van der Waals surface area (Å²) in [5.74, 6) is 0.0806. The first-order valence-electron chi connectivity index (χ1n) is 4.72. The second-order valence-electron chi connectivity index (χ2n) is 3.35. The van der Waals surface area contributed by atoms with Crippen LogP contribution >= 0.6 is 45.2 Å². The van der Waals surface area contributed by atoms with Crippen molar-refractivity contribution in [1.82, 2.24) is 0 Å². The molecule has 80 valence electrons. The first-order valence-corrected chi connectivity index (χ1v) is 6.88. The lowest BCUT2D eigenvalue weighted by atomic mass is 10.0. The van der Waals surface area contributed by atoms with E-state index in [9.17, 15) is 4.79 Å². The minimum Gasteiger partial charge on any atom is -0.289 e. The van der Waals surface area contributed by atoms with Crippen molar-refractivity contribution >= 4 is 51.0 Å². The summed E-state index contributed by atoms with van der Waals surface area (Å²) in [6.07, 6.45) is 0. The molecule has 0 amide bonds. The number of ketones is 1. The molecular formula is C13H8I2O. The number of benzene rings is 2. The van der Waals surface area contributed by atoms with Crippen LogP contribution in [0.2, 0.25) is 0 Å². The van der Waals surface area contributed by atoms with Crippen molar-refractivity contribution in [2.24, 2.45) is 0 Å². The molecule has 0 bridgehead atoms. The van der Waals surface area contributed by atoms with Crippen LogP contribution in [0.15, 0.2) is 48.5 Å². The lowest BCUT2D eigenvalue weighted by Gasteiger charge is -2.02. The maximum atomic E-state index is 12.1. The monoisotopic (exact) mass is 434 g/mol. The van der Waals surface area contributed by atoms with E-state index in [0.29, 0.717) is 0 Å². The van der Waals surface area contributed by atoms with E-state index in [4.69, 9.17) is 0 Å². The van der Waals surface area contributed by atoms with Crippen LogP contribution in [-0.2, 0) is 0 Å². The summed E-state index contributed by atoms with van der Waals surface area (Å²) < 4.78 is 2.17. The fraction of sp³-hybridized carbons (Fsp3) is 0. The predicted molar refractivity (Wildman–Crippen MR) is 81.8 cm³/mol. The highest BCUT2D eigenvalue weighted by molar-refractivity contribution is 14.1. The lowest BCUT2D eigenvalue weighted by molar-refractivity contribution is 0.103. The molecule has 0 aromatic heterocycles. The van der Waals surface area contributed by atoms with E-state index in [1.807, 2.05) is 48.5 Å². The van der Waals surface area contributed by atoms with Gasteiger partial charge in [-0.2, -0.15) is 0 Å². The topological polar surface area (TPSA) is 17.1 Å². The summed E-state index contributed by atoms with van der Waals surface area (Å²) in [7, 11) is 0. The average molecular weight is 434 g/mol. The van der Waals surface area contributed by atoms with Crippen molar-refractivity contribution in [3.05, 3.63) is 66.8 Å². The predicted octanol–water partition coefficient (Wildman–Crippen LogP) is 4.13. The van der Waals surface area contributed by atoms with Crippen molar-refractivity contribution in [1.29, 1.82) is 0 Å². The Kier molecular flexibility index (Phi) is 3.96. The van der Waals surface area contributed by atoms with Crippen LogP contribution in [-0.4, -0.2) is 5.78 Å². The number of carbonyl (C=O) groups is 1. The standard InChI is InChI=1S/C13H8I2O/c14-11-6-10(7-12(15)8-11)13(16)9-4-2-1-3-5-9/h1-8H. The summed E-state index contributed by atoms with van der Waals surface area (Å²) in [6.45, 7) is 0. The smallest absolute Gasteiger partial charge is 0.193 e. The molecule has 0 aliphatic rings. The highest BCUT2D eigenvalue weighted by atomic mass is 127. The Labute approximate surface area is 122 Å². The van der Waals surface area contributed by atoms with Crippen LogP contribution < -0.4 is 0 Å². The van der Waals surface area contributed by atoms with Gasteiger partial charge in [0.2, 0.25) is 0 Å². The second kappa shape index (κ2) is 5.27. The Balaban J connectivity index is 2.42. The molecule has 16 heavy (non-hydrogen) atoms. The molecule has 2 rings (SSSR count). The van der Waals surface area contributed by atoms with Crippen LogP contribution in [0, 0.1) is 7.14 Å². The van der Waals surface area contributed by atoms with Crippen LogP contribution in [0.1, 0.15) is 15.9 Å². The van der Waals surface area contributed by atoms with Gasteiger partial charge in [-0.3, -0.25) is 4.79 Å². The van der Waals surface area contributed by atoms with Gasteiger partial charge < -0.3 is 0 Å². The van der Waals surface area contributed by atoms with E-state index in [1.165, 1.54) is 0 Å². The van der Waals surface area contributed by atoms with E-state index in [-0.39, 0.29) is 5.78 Å². The average Bonchev–Trinajstić information content (AvgIpc) is 2.28. The number of halogens is 2. The van der Waals surface area contributed by atoms with Crippen LogP contribution in [0.25, 0.3) is 0 Å². The van der Waals surface area contributed by atoms with E-state index >= 15 is 0 Å². The van der Waals surface area contributed by atoms with E-state index in [0.717, 1.165) is 18.3 Å². The van der Waals surface area contributed by atoms with E-state index in [2.05, 4.69) is 45.2 Å². The van der Waals surface area contributed by atoms with Gasteiger partial charge in [-0.25, -0.2) is 0 Å². The summed E-state index contributed by atoms with van der Waals surface area (Å²) in [5, 5.41) is 0. The zero-order valence-electron chi connectivity index (χ0n) is 8.28. The van der Waals surface area contributed by atoms with Crippen molar-refractivity contribution in [3.63, 3.8) is 0 Å². The summed E-state index contributed by atoms with van der Waals surface area (Å²) >= 11 is 4.45. The Morgan fingerprint density at radius 3 is 1.94 bits per heavy atom. The Hall–Kier alpha value is -0.430. The van der Waals surface area contributed by atoms with Gasteiger partial charge in [-0.05, 0) is 63.4 Å². The van der Waals surface area contributed by atoms with Crippen molar-refractivity contribution in [2.75, 3.05) is 0 Å². The fourth-order valence-electron chi connectivity index (χ4n) is 1.44. The molecule has 2 aromatic rings. The maximum absolute atomic E-state index is 12.1. The van der Waals surface area contributed by atoms with Crippen LogP contribution in [0.5, 0.6) is 0 Å². The molecule has 0 spiro atoms. The molecule has 0 N–H and O–H groups in total. The maximum Gasteiger partial charge on any atom is 0.193 e. The Bertz CT molecular complexity index is 500. The first kappa shape index (κ1) is 12.0. The molecule has 0 aliphatic heterocycles. The van der Waals surface area contributed by atoms with Gasteiger partial charge >= 0.3 is 0 Å². The number of rotatable bonds is 2. The normalized spacial score (nSPS) is 10.1.